The highest BCUT2D eigenvalue weighted by Crippen LogP contribution is 2.43. The highest BCUT2D eigenvalue weighted by atomic mass is 79.9. The van der Waals surface area contributed by atoms with E-state index in [0.717, 1.165) is 22.4 Å². The zero-order chi connectivity index (χ0) is 30.7. The van der Waals surface area contributed by atoms with Crippen LogP contribution < -0.4 is 19.8 Å². The van der Waals surface area contributed by atoms with E-state index in [1.165, 1.54) is 17.8 Å². The molecule has 0 fully saturated rings. The van der Waals surface area contributed by atoms with Gasteiger partial charge in [-0.05, 0) is 84.1 Å². The Morgan fingerprint density at radius 2 is 1.90 bits per heavy atom. The number of carbonyl (C=O) groups is 1. The van der Waals surface area contributed by atoms with E-state index in [4.69, 9.17) is 30.8 Å². The fraction of sp³-hybridized carbons (Fsp3) is 0.290. The lowest BCUT2D eigenvalue weighted by molar-refractivity contribution is -0.144. The third kappa shape index (κ3) is 6.15. The van der Waals surface area contributed by atoms with Gasteiger partial charge in [-0.25, -0.2) is 9.78 Å². The molecule has 4 aromatic rings. The molecular weight excluding hydrogens is 626 g/mol. The van der Waals surface area contributed by atoms with Crippen LogP contribution in [0.4, 0.5) is 0 Å². The van der Waals surface area contributed by atoms with Crippen molar-refractivity contribution in [3.05, 3.63) is 79.0 Å². The maximum absolute atomic E-state index is 13.8. The SMILES string of the molecule is CCOc1cc(C=Nn2c(-c3cc(C(C)C)c(OC)cc3C)nc3ccccc3c2=O)c(Br)c(Cl)c1O[C@@H](C)C(=O)O. The van der Waals surface area contributed by atoms with Gasteiger partial charge >= 0.3 is 5.97 Å². The molecule has 1 N–H and O–H groups in total. The number of rotatable bonds is 10. The molecule has 0 amide bonds. The zero-order valence-corrected chi connectivity index (χ0v) is 26.4. The van der Waals surface area contributed by atoms with Crippen LogP contribution in [0.3, 0.4) is 0 Å². The van der Waals surface area contributed by atoms with Gasteiger partial charge in [-0.3, -0.25) is 4.79 Å². The van der Waals surface area contributed by atoms with Crippen molar-refractivity contribution in [3.8, 4) is 28.6 Å². The average molecular weight is 657 g/mol. The summed E-state index contributed by atoms with van der Waals surface area (Å²) in [7, 11) is 1.63. The number of halogens is 2. The van der Waals surface area contributed by atoms with Crippen LogP contribution >= 0.6 is 27.5 Å². The molecule has 0 unspecified atom stereocenters. The van der Waals surface area contributed by atoms with E-state index in [2.05, 4.69) is 34.9 Å². The first kappa shape index (κ1) is 31.1. The van der Waals surface area contributed by atoms with Gasteiger partial charge in [0.2, 0.25) is 0 Å². The Morgan fingerprint density at radius 1 is 1.19 bits per heavy atom. The molecule has 1 aromatic heterocycles. The molecule has 1 heterocycles. The molecule has 0 aliphatic carbocycles. The number of fused-ring (bicyclic) bond motifs is 1. The number of aliphatic carboxylic acids is 1. The summed E-state index contributed by atoms with van der Waals surface area (Å²) < 4.78 is 18.6. The van der Waals surface area contributed by atoms with Crippen LogP contribution in [0.15, 0.2) is 56.8 Å². The molecule has 0 saturated heterocycles. The Morgan fingerprint density at radius 3 is 2.55 bits per heavy atom. The number of benzene rings is 3. The van der Waals surface area contributed by atoms with Crippen LogP contribution in [0.25, 0.3) is 22.3 Å². The average Bonchev–Trinajstić information content (AvgIpc) is 2.96. The van der Waals surface area contributed by atoms with Gasteiger partial charge in [-0.15, -0.1) is 0 Å². The summed E-state index contributed by atoms with van der Waals surface area (Å²) in [6.07, 6.45) is 0.299. The third-order valence-corrected chi connectivity index (χ3v) is 8.05. The smallest absolute Gasteiger partial charge is 0.344 e. The van der Waals surface area contributed by atoms with Crippen LogP contribution in [-0.4, -0.2) is 46.8 Å². The molecule has 0 saturated carbocycles. The number of hydrogen-bond acceptors (Lipinski definition) is 7. The van der Waals surface area contributed by atoms with Crippen molar-refractivity contribution in [2.75, 3.05) is 13.7 Å². The second-order valence-electron chi connectivity index (χ2n) is 9.83. The Balaban J connectivity index is 1.94. The molecule has 0 radical (unpaired) electrons. The van der Waals surface area contributed by atoms with Crippen molar-refractivity contribution in [1.82, 2.24) is 9.66 Å². The summed E-state index contributed by atoms with van der Waals surface area (Å²) >= 11 is 10.1. The first-order valence-electron chi connectivity index (χ1n) is 13.3. The monoisotopic (exact) mass is 655 g/mol. The van der Waals surface area contributed by atoms with Crippen molar-refractivity contribution < 1.29 is 24.1 Å². The van der Waals surface area contributed by atoms with E-state index in [0.29, 0.717) is 26.8 Å². The number of nitrogens with zero attached hydrogens (tertiary/aromatic N) is 3. The van der Waals surface area contributed by atoms with Gasteiger partial charge in [0.15, 0.2) is 23.4 Å². The van der Waals surface area contributed by atoms with Crippen molar-refractivity contribution >= 4 is 50.6 Å². The zero-order valence-electron chi connectivity index (χ0n) is 24.1. The lowest BCUT2D eigenvalue weighted by Gasteiger charge is -2.18. The van der Waals surface area contributed by atoms with Crippen LogP contribution in [0.1, 0.15) is 50.3 Å². The molecule has 0 bridgehead atoms. The Kier molecular flexibility index (Phi) is 9.58. The predicted octanol–water partition coefficient (Wildman–Crippen LogP) is 7.05. The fourth-order valence-electron chi connectivity index (χ4n) is 4.39. The number of para-hydroxylation sites is 1. The topological polar surface area (TPSA) is 112 Å². The minimum Gasteiger partial charge on any atom is -0.496 e. The lowest BCUT2D eigenvalue weighted by Crippen LogP contribution is -2.23. The maximum Gasteiger partial charge on any atom is 0.344 e. The second-order valence-corrected chi connectivity index (χ2v) is 11.0. The van der Waals surface area contributed by atoms with Gasteiger partial charge in [0.05, 0.1) is 30.8 Å². The van der Waals surface area contributed by atoms with Crippen molar-refractivity contribution in [1.29, 1.82) is 0 Å². The molecule has 42 heavy (non-hydrogen) atoms. The fourth-order valence-corrected chi connectivity index (χ4v) is 5.03. The molecule has 220 valence electrons. The summed E-state index contributed by atoms with van der Waals surface area (Å²) in [6.45, 7) is 9.52. The van der Waals surface area contributed by atoms with Crippen molar-refractivity contribution in [2.45, 2.75) is 46.6 Å². The summed E-state index contributed by atoms with van der Waals surface area (Å²) in [6, 6.07) is 12.6. The minimum absolute atomic E-state index is 0.0812. The van der Waals surface area contributed by atoms with E-state index in [1.807, 2.05) is 25.1 Å². The number of ether oxygens (including phenoxy) is 3. The summed E-state index contributed by atoms with van der Waals surface area (Å²) in [5.74, 6) is 0.434. The van der Waals surface area contributed by atoms with E-state index >= 15 is 0 Å². The van der Waals surface area contributed by atoms with Gasteiger partial charge in [0, 0.05) is 15.6 Å². The quantitative estimate of drug-likeness (QED) is 0.182. The van der Waals surface area contributed by atoms with Crippen LogP contribution in [0.5, 0.6) is 17.2 Å². The van der Waals surface area contributed by atoms with E-state index in [1.54, 1.807) is 38.3 Å². The first-order chi connectivity index (χ1) is 20.0. The predicted molar refractivity (Wildman–Crippen MR) is 168 cm³/mol. The van der Waals surface area contributed by atoms with Gasteiger partial charge in [0.1, 0.15) is 10.8 Å². The maximum atomic E-state index is 13.8. The van der Waals surface area contributed by atoms with Crippen molar-refractivity contribution in [2.24, 2.45) is 5.10 Å². The Hall–Kier alpha value is -3.89. The summed E-state index contributed by atoms with van der Waals surface area (Å²) in [5.41, 5.74) is 3.23. The van der Waals surface area contributed by atoms with E-state index in [-0.39, 0.29) is 34.6 Å². The number of carboxylic acids is 1. The summed E-state index contributed by atoms with van der Waals surface area (Å²) in [5, 5.41) is 14.4. The Bertz CT molecular complexity index is 1750. The molecule has 0 aliphatic heterocycles. The molecule has 1 atom stereocenters. The largest absolute Gasteiger partial charge is 0.496 e. The van der Waals surface area contributed by atoms with Crippen molar-refractivity contribution in [3.63, 3.8) is 0 Å². The molecule has 4 rings (SSSR count). The van der Waals surface area contributed by atoms with Gasteiger partial charge in [-0.2, -0.15) is 9.78 Å². The van der Waals surface area contributed by atoms with E-state index < -0.39 is 12.1 Å². The number of aromatic nitrogens is 2. The number of hydrogen-bond donors (Lipinski definition) is 1. The number of carboxylic acid groups (broad SMARTS) is 1. The number of methoxy groups -OCH3 is 1. The van der Waals surface area contributed by atoms with E-state index in [9.17, 15) is 14.7 Å². The third-order valence-electron chi connectivity index (χ3n) is 6.60. The van der Waals surface area contributed by atoms with Gasteiger partial charge < -0.3 is 19.3 Å². The minimum atomic E-state index is -1.17. The van der Waals surface area contributed by atoms with Crippen LogP contribution in [-0.2, 0) is 4.79 Å². The van der Waals surface area contributed by atoms with Gasteiger partial charge in [-0.1, -0.05) is 37.6 Å². The standard InChI is InChI=1S/C31H31BrClN3O6/c1-7-41-25-13-19(26(32)27(33)28(25)42-18(5)31(38)39)15-34-36-29(35-23-11-9-8-10-20(23)30(36)37)22-14-21(16(2)3)24(40-6)12-17(22)4/h8-16,18H,7H2,1-6H3,(H,38,39)/t18-/m0/s1. The molecular formula is C31H31BrClN3O6. The first-order valence-corrected chi connectivity index (χ1v) is 14.4. The molecule has 3 aromatic carbocycles. The van der Waals surface area contributed by atoms with Gasteiger partial charge in [0.25, 0.3) is 5.56 Å². The number of aryl methyl sites for hydroxylation is 1. The normalized spacial score (nSPS) is 12.2. The van der Waals surface area contributed by atoms with Crippen LogP contribution in [0.2, 0.25) is 5.02 Å². The molecule has 0 spiro atoms. The molecule has 0 aliphatic rings. The highest BCUT2D eigenvalue weighted by molar-refractivity contribution is 9.10. The highest BCUT2D eigenvalue weighted by Gasteiger charge is 2.23. The lowest BCUT2D eigenvalue weighted by atomic mass is 9.96. The Labute approximate surface area is 256 Å². The molecule has 11 heteroatoms. The van der Waals surface area contributed by atoms with Crippen LogP contribution in [0, 0.1) is 6.92 Å². The second kappa shape index (κ2) is 13.0. The summed E-state index contributed by atoms with van der Waals surface area (Å²) in [4.78, 5) is 30.1. The molecule has 9 nitrogen and oxygen atoms in total.